The van der Waals surface area contributed by atoms with Crippen molar-refractivity contribution in [3.63, 3.8) is 0 Å². The number of amides is 2. The molecule has 0 aliphatic carbocycles. The van der Waals surface area contributed by atoms with Gasteiger partial charge in [-0.1, -0.05) is 45.1 Å². The zero-order valence-electron chi connectivity index (χ0n) is 18.6. The molecule has 0 unspecified atom stereocenters. The molecule has 172 valence electrons. The average molecular weight is 433 g/mol. The normalized spacial score (nSPS) is 17.3. The van der Waals surface area contributed by atoms with Gasteiger partial charge in [-0.05, 0) is 37.0 Å². The first-order valence-electron chi connectivity index (χ1n) is 11.8. The predicted molar refractivity (Wildman–Crippen MR) is 118 cm³/mol. The molecular weight excluding hydrogens is 396 g/mol. The largest absolute Gasteiger partial charge is 0.486 e. The van der Waals surface area contributed by atoms with E-state index in [1.807, 2.05) is 0 Å². The van der Waals surface area contributed by atoms with Crippen molar-refractivity contribution in [3.05, 3.63) is 23.8 Å². The summed E-state index contributed by atoms with van der Waals surface area (Å²) in [5, 5.41) is 13.9. The van der Waals surface area contributed by atoms with Crippen molar-refractivity contribution in [2.45, 2.75) is 76.9 Å². The van der Waals surface area contributed by atoms with E-state index in [1.54, 1.807) is 23.1 Å². The van der Waals surface area contributed by atoms with Gasteiger partial charge in [-0.3, -0.25) is 9.59 Å². The van der Waals surface area contributed by atoms with Crippen LogP contribution in [0.15, 0.2) is 18.2 Å². The van der Waals surface area contributed by atoms with Crippen molar-refractivity contribution in [3.8, 4) is 11.5 Å². The number of benzene rings is 1. The maximum atomic E-state index is 13.1. The Morgan fingerprint density at radius 3 is 2.45 bits per heavy atom. The van der Waals surface area contributed by atoms with Crippen LogP contribution in [0.2, 0.25) is 0 Å². The number of hydrogen-bond acceptors (Lipinski definition) is 5. The summed E-state index contributed by atoms with van der Waals surface area (Å²) in [6, 6.07) is 4.15. The Bertz CT molecular complexity index is 733. The van der Waals surface area contributed by atoms with E-state index in [-0.39, 0.29) is 11.8 Å². The van der Waals surface area contributed by atoms with Gasteiger partial charge in [0.25, 0.3) is 0 Å². The minimum atomic E-state index is -1.16. The van der Waals surface area contributed by atoms with E-state index in [0.29, 0.717) is 49.8 Å². The molecule has 0 bridgehead atoms. The van der Waals surface area contributed by atoms with Gasteiger partial charge < -0.3 is 24.8 Å². The standard InChI is InChI=1S/C24H36N2O5/c1-2-3-4-5-6-7-10-21(27)25-22(24(29)26-13-8-9-14-26)23(28)18-11-12-19-20(17-18)31-16-15-30-19/h11-12,17,22-23,28H,2-10,13-16H2,1H3,(H,25,27)/t22-,23+/m0/s1. The first kappa shape index (κ1) is 23.4. The van der Waals surface area contributed by atoms with E-state index in [4.69, 9.17) is 9.47 Å². The van der Waals surface area contributed by atoms with Gasteiger partial charge in [0.2, 0.25) is 11.8 Å². The van der Waals surface area contributed by atoms with Gasteiger partial charge in [0, 0.05) is 19.5 Å². The van der Waals surface area contributed by atoms with Crippen molar-refractivity contribution >= 4 is 11.8 Å². The third kappa shape index (κ3) is 6.60. The average Bonchev–Trinajstić information content (AvgIpc) is 3.33. The summed E-state index contributed by atoms with van der Waals surface area (Å²) in [5.41, 5.74) is 0.529. The molecule has 7 nitrogen and oxygen atoms in total. The van der Waals surface area contributed by atoms with Gasteiger partial charge in [-0.15, -0.1) is 0 Å². The molecule has 2 atom stereocenters. The number of carbonyl (C=O) groups is 2. The molecule has 0 spiro atoms. The fourth-order valence-corrected chi connectivity index (χ4v) is 4.16. The molecule has 0 saturated carbocycles. The van der Waals surface area contributed by atoms with Crippen molar-refractivity contribution in [1.29, 1.82) is 0 Å². The first-order chi connectivity index (χ1) is 15.1. The summed E-state index contributed by atoms with van der Waals surface area (Å²) in [4.78, 5) is 27.5. The maximum absolute atomic E-state index is 13.1. The number of hydrogen-bond donors (Lipinski definition) is 2. The smallest absolute Gasteiger partial charge is 0.248 e. The van der Waals surface area contributed by atoms with Crippen LogP contribution in [-0.2, 0) is 9.59 Å². The minimum Gasteiger partial charge on any atom is -0.486 e. The molecule has 2 amide bonds. The highest BCUT2D eigenvalue weighted by Gasteiger charge is 2.34. The lowest BCUT2D eigenvalue weighted by Gasteiger charge is -2.28. The minimum absolute atomic E-state index is 0.190. The number of rotatable bonds is 11. The molecular formula is C24H36N2O5. The Morgan fingerprint density at radius 1 is 1.03 bits per heavy atom. The molecule has 1 aromatic carbocycles. The second kappa shape index (κ2) is 11.9. The monoisotopic (exact) mass is 432 g/mol. The molecule has 1 aromatic rings. The Labute approximate surface area is 185 Å². The van der Waals surface area contributed by atoms with E-state index in [1.165, 1.54) is 19.3 Å². The van der Waals surface area contributed by atoms with Gasteiger partial charge in [-0.2, -0.15) is 0 Å². The predicted octanol–water partition coefficient (Wildman–Crippen LogP) is 3.35. The summed E-state index contributed by atoms with van der Waals surface area (Å²) in [7, 11) is 0. The zero-order chi connectivity index (χ0) is 22.1. The van der Waals surface area contributed by atoms with Crippen LogP contribution in [0, 0.1) is 0 Å². The summed E-state index contributed by atoms with van der Waals surface area (Å²) in [6.45, 7) is 4.43. The van der Waals surface area contributed by atoms with Gasteiger partial charge in [0.1, 0.15) is 25.4 Å². The molecule has 1 fully saturated rings. The highest BCUT2D eigenvalue weighted by molar-refractivity contribution is 5.88. The molecule has 2 aliphatic rings. The fourth-order valence-electron chi connectivity index (χ4n) is 4.16. The first-order valence-corrected chi connectivity index (χ1v) is 11.8. The molecule has 7 heteroatoms. The molecule has 0 aromatic heterocycles. The van der Waals surface area contributed by atoms with E-state index in [9.17, 15) is 14.7 Å². The second-order valence-corrected chi connectivity index (χ2v) is 8.44. The van der Waals surface area contributed by atoms with Crippen molar-refractivity contribution in [2.24, 2.45) is 0 Å². The van der Waals surface area contributed by atoms with Crippen LogP contribution in [-0.4, -0.2) is 54.2 Å². The molecule has 2 heterocycles. The van der Waals surface area contributed by atoms with Crippen LogP contribution in [0.3, 0.4) is 0 Å². The van der Waals surface area contributed by atoms with Crippen LogP contribution in [0.4, 0.5) is 0 Å². The van der Waals surface area contributed by atoms with E-state index >= 15 is 0 Å². The SMILES string of the molecule is CCCCCCCCC(=O)N[C@H](C(=O)N1CCCC1)[C@H](O)c1ccc2c(c1)OCCO2. The number of nitrogens with one attached hydrogen (secondary N) is 1. The number of aliphatic hydroxyl groups excluding tert-OH is 1. The van der Waals surface area contributed by atoms with E-state index in [0.717, 1.165) is 32.1 Å². The van der Waals surface area contributed by atoms with Gasteiger partial charge in [-0.25, -0.2) is 0 Å². The van der Waals surface area contributed by atoms with Gasteiger partial charge in [0.15, 0.2) is 11.5 Å². The van der Waals surface area contributed by atoms with Crippen molar-refractivity contribution in [2.75, 3.05) is 26.3 Å². The Kier molecular flexibility index (Phi) is 9.00. The summed E-state index contributed by atoms with van der Waals surface area (Å²) in [6.07, 6.45) is 7.63. The lowest BCUT2D eigenvalue weighted by Crippen LogP contribution is -2.51. The zero-order valence-corrected chi connectivity index (χ0v) is 18.6. The summed E-state index contributed by atoms with van der Waals surface area (Å²) >= 11 is 0. The lowest BCUT2D eigenvalue weighted by molar-refractivity contribution is -0.139. The maximum Gasteiger partial charge on any atom is 0.248 e. The number of likely N-dealkylation sites (tertiary alicyclic amines) is 1. The van der Waals surface area contributed by atoms with Crippen LogP contribution in [0.5, 0.6) is 11.5 Å². The summed E-state index contributed by atoms with van der Waals surface area (Å²) in [5.74, 6) is 0.756. The van der Waals surface area contributed by atoms with Crippen LogP contribution in [0.25, 0.3) is 0 Å². The van der Waals surface area contributed by atoms with Crippen LogP contribution < -0.4 is 14.8 Å². The molecule has 2 N–H and O–H groups in total. The molecule has 3 rings (SSSR count). The van der Waals surface area contributed by atoms with Gasteiger partial charge >= 0.3 is 0 Å². The quantitative estimate of drug-likeness (QED) is 0.524. The summed E-state index contributed by atoms with van der Waals surface area (Å²) < 4.78 is 11.1. The molecule has 31 heavy (non-hydrogen) atoms. The number of ether oxygens (including phenoxy) is 2. The van der Waals surface area contributed by atoms with Crippen molar-refractivity contribution < 1.29 is 24.2 Å². The third-order valence-corrected chi connectivity index (χ3v) is 5.98. The fraction of sp³-hybridized carbons (Fsp3) is 0.667. The van der Waals surface area contributed by atoms with Gasteiger partial charge in [0.05, 0.1) is 0 Å². The highest BCUT2D eigenvalue weighted by atomic mass is 16.6. The number of carbonyl (C=O) groups excluding carboxylic acids is 2. The van der Waals surface area contributed by atoms with Crippen LogP contribution >= 0.6 is 0 Å². The number of aliphatic hydroxyl groups is 1. The van der Waals surface area contributed by atoms with E-state index in [2.05, 4.69) is 12.2 Å². The number of unbranched alkanes of at least 4 members (excludes halogenated alkanes) is 5. The van der Waals surface area contributed by atoms with E-state index < -0.39 is 12.1 Å². The second-order valence-electron chi connectivity index (χ2n) is 8.44. The van der Waals surface area contributed by atoms with Crippen LogP contribution in [0.1, 0.15) is 76.4 Å². The van der Waals surface area contributed by atoms with Crippen molar-refractivity contribution in [1.82, 2.24) is 10.2 Å². The molecule has 1 saturated heterocycles. The third-order valence-electron chi connectivity index (χ3n) is 5.98. The molecule has 2 aliphatic heterocycles. The highest BCUT2D eigenvalue weighted by Crippen LogP contribution is 2.33. The Balaban J connectivity index is 1.64. The number of nitrogens with zero attached hydrogens (tertiary/aromatic N) is 1. The Hall–Kier alpha value is -2.28. The number of fused-ring (bicyclic) bond motifs is 1. The Morgan fingerprint density at radius 2 is 1.71 bits per heavy atom. The molecule has 0 radical (unpaired) electrons. The lowest BCUT2D eigenvalue weighted by atomic mass is 9.99. The topological polar surface area (TPSA) is 88.1 Å².